The summed E-state index contributed by atoms with van der Waals surface area (Å²) in [6.07, 6.45) is 1.64. The van der Waals surface area contributed by atoms with Gasteiger partial charge in [0.15, 0.2) is 9.84 Å². The average molecular weight is 334 g/mol. The van der Waals surface area contributed by atoms with Crippen molar-refractivity contribution >= 4 is 33.3 Å². The molecule has 0 heterocycles. The van der Waals surface area contributed by atoms with Gasteiger partial charge in [0.1, 0.15) is 5.75 Å². The Balaban J connectivity index is 2.90. The summed E-state index contributed by atoms with van der Waals surface area (Å²) in [6, 6.07) is 3.33. The van der Waals surface area contributed by atoms with E-state index in [4.69, 9.17) is 16.7 Å². The fraction of sp³-hybridized carbons (Fsp3) is 0.385. The zero-order valence-electron chi connectivity index (χ0n) is 11.4. The molecule has 0 unspecified atom stereocenters. The molecule has 0 saturated heterocycles. The van der Waals surface area contributed by atoms with Crippen molar-refractivity contribution in [3.63, 3.8) is 0 Å². The number of rotatable bonds is 7. The molecule has 1 aromatic rings. The average Bonchev–Trinajstić information content (AvgIpc) is 2.38. The Morgan fingerprint density at radius 2 is 2.00 bits per heavy atom. The number of unbranched alkanes of at least 4 members (excludes halogenated alkanes) is 1. The van der Waals surface area contributed by atoms with Crippen molar-refractivity contribution in [3.05, 3.63) is 28.8 Å². The number of carbonyl (C=O) groups is 2. The number of sulfone groups is 1. The van der Waals surface area contributed by atoms with Gasteiger partial charge in [0.05, 0.1) is 15.5 Å². The Hall–Kier alpha value is -1.60. The number of benzene rings is 1. The zero-order valence-corrected chi connectivity index (χ0v) is 13.0. The first kappa shape index (κ1) is 17.5. The van der Waals surface area contributed by atoms with Crippen molar-refractivity contribution in [2.45, 2.75) is 24.7 Å². The molecule has 0 fully saturated rings. The summed E-state index contributed by atoms with van der Waals surface area (Å²) in [7, 11) is -3.90. The standard InChI is InChI=1S/C13H16ClNO5S/c1-2-3-6-15-12(16)8-21(19,20)9-4-5-11(14)10(7-9)13(17)18/h4-5,7H,2-3,6,8H2,1H3,(H,15,16)(H,17,18). The van der Waals surface area contributed by atoms with Crippen LogP contribution in [0.2, 0.25) is 5.02 Å². The number of carboxylic acid groups (broad SMARTS) is 1. The van der Waals surface area contributed by atoms with Gasteiger partial charge in [-0.05, 0) is 24.6 Å². The molecule has 0 aliphatic carbocycles. The molecule has 0 bridgehead atoms. The molecular formula is C13H16ClNO5S. The largest absolute Gasteiger partial charge is 0.478 e. The van der Waals surface area contributed by atoms with Gasteiger partial charge in [0.2, 0.25) is 5.91 Å². The third kappa shape index (κ3) is 5.02. The van der Waals surface area contributed by atoms with Crippen molar-refractivity contribution < 1.29 is 23.1 Å². The van der Waals surface area contributed by atoms with Gasteiger partial charge >= 0.3 is 5.97 Å². The lowest BCUT2D eigenvalue weighted by Gasteiger charge is -2.07. The highest BCUT2D eigenvalue weighted by molar-refractivity contribution is 7.92. The fourth-order valence-electron chi connectivity index (χ4n) is 1.57. The smallest absolute Gasteiger partial charge is 0.337 e. The quantitative estimate of drug-likeness (QED) is 0.740. The molecule has 1 aromatic carbocycles. The van der Waals surface area contributed by atoms with E-state index in [2.05, 4.69) is 5.32 Å². The van der Waals surface area contributed by atoms with Crippen LogP contribution in [0.3, 0.4) is 0 Å². The lowest BCUT2D eigenvalue weighted by Crippen LogP contribution is -2.31. The summed E-state index contributed by atoms with van der Waals surface area (Å²) in [5, 5.41) is 11.4. The molecule has 0 saturated carbocycles. The molecule has 0 aliphatic heterocycles. The van der Waals surface area contributed by atoms with E-state index >= 15 is 0 Å². The summed E-state index contributed by atoms with van der Waals surface area (Å²) in [4.78, 5) is 22.3. The molecule has 21 heavy (non-hydrogen) atoms. The number of amides is 1. The van der Waals surface area contributed by atoms with Crippen LogP contribution in [0.5, 0.6) is 0 Å². The van der Waals surface area contributed by atoms with E-state index in [-0.39, 0.29) is 15.5 Å². The molecule has 0 aromatic heterocycles. The predicted octanol–water partition coefficient (Wildman–Crippen LogP) is 1.73. The highest BCUT2D eigenvalue weighted by Gasteiger charge is 2.21. The molecule has 0 radical (unpaired) electrons. The molecular weight excluding hydrogens is 318 g/mol. The fourth-order valence-corrected chi connectivity index (χ4v) is 2.96. The van der Waals surface area contributed by atoms with Crippen molar-refractivity contribution in [2.75, 3.05) is 12.3 Å². The Labute approximate surface area is 128 Å². The lowest BCUT2D eigenvalue weighted by molar-refractivity contribution is -0.118. The summed E-state index contributed by atoms with van der Waals surface area (Å²) in [5.74, 6) is -2.67. The van der Waals surface area contributed by atoms with Crippen molar-refractivity contribution in [2.24, 2.45) is 0 Å². The summed E-state index contributed by atoms with van der Waals surface area (Å²) < 4.78 is 24.1. The zero-order chi connectivity index (χ0) is 16.0. The monoisotopic (exact) mass is 333 g/mol. The van der Waals surface area contributed by atoms with Crippen LogP contribution in [0.4, 0.5) is 0 Å². The number of carboxylic acids is 1. The summed E-state index contributed by atoms with van der Waals surface area (Å²) >= 11 is 5.68. The second-order valence-electron chi connectivity index (χ2n) is 4.41. The van der Waals surface area contributed by atoms with Crippen LogP contribution in [0.1, 0.15) is 30.1 Å². The van der Waals surface area contributed by atoms with Gasteiger partial charge in [-0.2, -0.15) is 0 Å². The van der Waals surface area contributed by atoms with E-state index in [0.29, 0.717) is 6.54 Å². The van der Waals surface area contributed by atoms with Gasteiger partial charge < -0.3 is 10.4 Å². The van der Waals surface area contributed by atoms with Crippen LogP contribution < -0.4 is 5.32 Å². The summed E-state index contributed by atoms with van der Waals surface area (Å²) in [6.45, 7) is 2.36. The minimum atomic E-state index is -3.90. The maximum Gasteiger partial charge on any atom is 0.337 e. The number of halogens is 1. The van der Waals surface area contributed by atoms with Gasteiger partial charge in [-0.15, -0.1) is 0 Å². The third-order valence-electron chi connectivity index (χ3n) is 2.70. The topological polar surface area (TPSA) is 101 Å². The molecule has 0 spiro atoms. The molecule has 0 aliphatic rings. The lowest BCUT2D eigenvalue weighted by atomic mass is 10.2. The third-order valence-corrected chi connectivity index (χ3v) is 4.64. The van der Waals surface area contributed by atoms with E-state index < -0.39 is 27.5 Å². The number of aromatic carboxylic acids is 1. The molecule has 8 heteroatoms. The van der Waals surface area contributed by atoms with Gasteiger partial charge in [-0.3, -0.25) is 4.79 Å². The minimum Gasteiger partial charge on any atom is -0.478 e. The Bertz CT molecular complexity index is 642. The van der Waals surface area contributed by atoms with Crippen LogP contribution in [0, 0.1) is 0 Å². The highest BCUT2D eigenvalue weighted by Crippen LogP contribution is 2.21. The van der Waals surface area contributed by atoms with Crippen LogP contribution >= 0.6 is 11.6 Å². The molecule has 0 atom stereocenters. The van der Waals surface area contributed by atoms with E-state index in [1.54, 1.807) is 0 Å². The number of carbonyl (C=O) groups excluding carboxylic acids is 1. The first-order valence-electron chi connectivity index (χ1n) is 6.30. The number of hydrogen-bond donors (Lipinski definition) is 2. The molecule has 1 rings (SSSR count). The van der Waals surface area contributed by atoms with Crippen LogP contribution in [0.15, 0.2) is 23.1 Å². The SMILES string of the molecule is CCCCNC(=O)CS(=O)(=O)c1ccc(Cl)c(C(=O)O)c1. The van der Waals surface area contributed by atoms with E-state index in [1.807, 2.05) is 6.92 Å². The van der Waals surface area contributed by atoms with E-state index in [9.17, 15) is 18.0 Å². The first-order valence-corrected chi connectivity index (χ1v) is 8.33. The van der Waals surface area contributed by atoms with Crippen molar-refractivity contribution in [3.8, 4) is 0 Å². The van der Waals surface area contributed by atoms with Crippen LogP contribution in [-0.4, -0.2) is 37.7 Å². The molecule has 116 valence electrons. The normalized spacial score (nSPS) is 11.1. The Morgan fingerprint density at radius 3 is 2.57 bits per heavy atom. The minimum absolute atomic E-state index is 0.0613. The molecule has 2 N–H and O–H groups in total. The second-order valence-corrected chi connectivity index (χ2v) is 6.81. The Kier molecular flexibility index (Phi) is 6.17. The van der Waals surface area contributed by atoms with E-state index in [1.165, 1.54) is 12.1 Å². The van der Waals surface area contributed by atoms with Crippen molar-refractivity contribution in [1.82, 2.24) is 5.32 Å². The van der Waals surface area contributed by atoms with Gasteiger partial charge in [-0.1, -0.05) is 24.9 Å². The first-order chi connectivity index (χ1) is 9.77. The highest BCUT2D eigenvalue weighted by atomic mass is 35.5. The molecule has 1 amide bonds. The van der Waals surface area contributed by atoms with Gasteiger partial charge in [0, 0.05) is 6.54 Å². The van der Waals surface area contributed by atoms with Crippen molar-refractivity contribution in [1.29, 1.82) is 0 Å². The second kappa shape index (κ2) is 7.42. The maximum absolute atomic E-state index is 12.1. The van der Waals surface area contributed by atoms with E-state index in [0.717, 1.165) is 18.9 Å². The molecule has 6 nitrogen and oxygen atoms in total. The number of hydrogen-bond acceptors (Lipinski definition) is 4. The van der Waals surface area contributed by atoms with Gasteiger partial charge in [0.25, 0.3) is 0 Å². The Morgan fingerprint density at radius 1 is 1.33 bits per heavy atom. The van der Waals surface area contributed by atoms with Crippen LogP contribution in [0.25, 0.3) is 0 Å². The summed E-state index contributed by atoms with van der Waals surface area (Å²) in [5.41, 5.74) is -0.316. The maximum atomic E-state index is 12.1. The number of nitrogens with one attached hydrogen (secondary N) is 1. The van der Waals surface area contributed by atoms with Gasteiger partial charge in [-0.25, -0.2) is 13.2 Å². The predicted molar refractivity (Wildman–Crippen MR) is 78.4 cm³/mol. The van der Waals surface area contributed by atoms with Crippen LogP contribution in [-0.2, 0) is 14.6 Å².